The Labute approximate surface area is 184 Å². The Morgan fingerprint density at radius 3 is 2.71 bits per heavy atom. The molecule has 0 N–H and O–H groups in total. The van der Waals surface area contributed by atoms with Gasteiger partial charge in [-0.25, -0.2) is 4.39 Å². The highest BCUT2D eigenvalue weighted by Crippen LogP contribution is 2.40. The number of amides is 1. The smallest absolute Gasteiger partial charge is 0.270 e. The summed E-state index contributed by atoms with van der Waals surface area (Å²) in [6.07, 6.45) is 1.72. The lowest BCUT2D eigenvalue weighted by molar-refractivity contribution is -0.113. The molecule has 3 rings (SSSR count). The Morgan fingerprint density at radius 2 is 2.07 bits per heavy atom. The average molecular weight is 503 g/mol. The van der Waals surface area contributed by atoms with Gasteiger partial charge in [-0.15, -0.1) is 0 Å². The molecule has 0 radical (unpaired) electrons. The van der Waals surface area contributed by atoms with E-state index in [0.717, 1.165) is 21.8 Å². The topological polar surface area (TPSA) is 38.8 Å². The van der Waals surface area contributed by atoms with Gasteiger partial charge in [-0.05, 0) is 48.9 Å². The Hall–Kier alpha value is -1.61. The van der Waals surface area contributed by atoms with Crippen molar-refractivity contribution in [3.8, 4) is 11.5 Å². The fraction of sp³-hybridized carbons (Fsp3) is 0.158. The molecule has 0 atom stereocenters. The highest BCUT2D eigenvalue weighted by Gasteiger charge is 2.33. The lowest BCUT2D eigenvalue weighted by Gasteiger charge is -2.15. The van der Waals surface area contributed by atoms with Crippen LogP contribution in [0.2, 0.25) is 5.02 Å². The highest BCUT2D eigenvalue weighted by molar-refractivity contribution is 9.10. The number of anilines is 1. The zero-order valence-electron chi connectivity index (χ0n) is 14.8. The van der Waals surface area contributed by atoms with E-state index < -0.39 is 5.82 Å². The second-order valence-electron chi connectivity index (χ2n) is 5.57. The maximum Gasteiger partial charge on any atom is 0.270 e. The minimum atomic E-state index is -0.559. The van der Waals surface area contributed by atoms with Crippen molar-refractivity contribution < 1.29 is 18.7 Å². The van der Waals surface area contributed by atoms with Crippen LogP contribution in [0.15, 0.2) is 39.7 Å². The second-order valence-corrected chi connectivity index (χ2v) is 8.51. The maximum atomic E-state index is 13.4. The first-order valence-corrected chi connectivity index (χ1v) is 10.5. The molecule has 1 amide bonds. The summed E-state index contributed by atoms with van der Waals surface area (Å²) in [5.41, 5.74) is 1.15. The fourth-order valence-corrected chi connectivity index (χ4v) is 4.45. The zero-order valence-corrected chi connectivity index (χ0v) is 18.8. The number of thiocarbonyl (C=S) groups is 1. The van der Waals surface area contributed by atoms with Crippen LogP contribution >= 0.6 is 51.5 Å². The largest absolute Gasteiger partial charge is 0.493 e. The van der Waals surface area contributed by atoms with Crippen molar-refractivity contribution in [3.05, 3.63) is 56.1 Å². The molecule has 9 heteroatoms. The summed E-state index contributed by atoms with van der Waals surface area (Å²) < 4.78 is 25.4. The molecule has 1 fully saturated rings. The van der Waals surface area contributed by atoms with E-state index in [0.29, 0.717) is 33.0 Å². The van der Waals surface area contributed by atoms with Crippen molar-refractivity contribution in [2.24, 2.45) is 0 Å². The third-order valence-electron chi connectivity index (χ3n) is 3.82. The molecule has 1 aliphatic heterocycles. The number of hydrogen-bond donors (Lipinski definition) is 0. The van der Waals surface area contributed by atoms with Crippen molar-refractivity contribution in [1.82, 2.24) is 0 Å². The van der Waals surface area contributed by atoms with Crippen molar-refractivity contribution >= 4 is 73.5 Å². The van der Waals surface area contributed by atoms with E-state index >= 15 is 0 Å². The van der Waals surface area contributed by atoms with Gasteiger partial charge in [0.2, 0.25) is 0 Å². The molecular weight excluding hydrogens is 489 g/mol. The fourth-order valence-electron chi connectivity index (χ4n) is 2.54. The van der Waals surface area contributed by atoms with Gasteiger partial charge in [0.1, 0.15) is 5.82 Å². The first kappa shape index (κ1) is 21.1. The summed E-state index contributed by atoms with van der Waals surface area (Å²) in [5.74, 6) is 0.286. The molecule has 0 aromatic heterocycles. The first-order valence-electron chi connectivity index (χ1n) is 8.09. The second kappa shape index (κ2) is 8.82. The van der Waals surface area contributed by atoms with Gasteiger partial charge in [-0.1, -0.05) is 51.5 Å². The predicted molar refractivity (Wildman–Crippen MR) is 119 cm³/mol. The third-order valence-corrected chi connectivity index (χ3v) is 6.10. The molecule has 28 heavy (non-hydrogen) atoms. The van der Waals surface area contributed by atoms with Gasteiger partial charge in [0.15, 0.2) is 15.8 Å². The standard InChI is InChI=1S/C19H14BrClFNO3S2/c1-3-26-16-9-12(20)10(6-15(16)25-2)7-17-18(24)23(19(27)28-17)11-4-5-14(22)13(21)8-11/h4-9H,3H2,1-2H3/b17-7+. The zero-order chi connectivity index (χ0) is 20.4. The molecule has 0 bridgehead atoms. The molecule has 0 spiro atoms. The van der Waals surface area contributed by atoms with E-state index in [1.165, 1.54) is 23.1 Å². The molecule has 0 unspecified atom stereocenters. The Bertz CT molecular complexity index is 999. The molecular formula is C19H14BrClFNO3S2. The quantitative estimate of drug-likeness (QED) is 0.367. The average Bonchev–Trinajstić information content (AvgIpc) is 2.93. The van der Waals surface area contributed by atoms with Crippen LogP contribution < -0.4 is 14.4 Å². The number of halogens is 3. The number of hydrogen-bond acceptors (Lipinski definition) is 5. The van der Waals surface area contributed by atoms with Crippen molar-refractivity contribution in [3.63, 3.8) is 0 Å². The van der Waals surface area contributed by atoms with Gasteiger partial charge in [0.05, 0.1) is 29.3 Å². The van der Waals surface area contributed by atoms with E-state index in [1.807, 2.05) is 6.92 Å². The number of benzene rings is 2. The van der Waals surface area contributed by atoms with E-state index in [-0.39, 0.29) is 10.9 Å². The SMILES string of the molecule is CCOc1cc(Br)c(/C=C2/SC(=S)N(c3ccc(F)c(Cl)c3)C2=O)cc1OC. The summed E-state index contributed by atoms with van der Waals surface area (Å²) in [7, 11) is 1.55. The summed E-state index contributed by atoms with van der Waals surface area (Å²) in [5, 5.41) is -0.0745. The summed E-state index contributed by atoms with van der Waals surface area (Å²) >= 11 is 15.8. The predicted octanol–water partition coefficient (Wildman–Crippen LogP) is 6.05. The van der Waals surface area contributed by atoms with Crippen molar-refractivity contribution in [1.29, 1.82) is 0 Å². The van der Waals surface area contributed by atoms with Crippen LogP contribution in [0.1, 0.15) is 12.5 Å². The van der Waals surface area contributed by atoms with Gasteiger partial charge in [-0.2, -0.15) is 0 Å². The van der Waals surface area contributed by atoms with E-state index in [4.69, 9.17) is 33.3 Å². The van der Waals surface area contributed by atoms with Crippen molar-refractivity contribution in [2.75, 3.05) is 18.6 Å². The van der Waals surface area contributed by atoms with Crippen LogP contribution in [0.5, 0.6) is 11.5 Å². The van der Waals surface area contributed by atoms with E-state index in [2.05, 4.69) is 15.9 Å². The summed E-state index contributed by atoms with van der Waals surface area (Å²) in [6, 6.07) is 7.60. The van der Waals surface area contributed by atoms with Crippen LogP contribution in [0, 0.1) is 5.82 Å². The van der Waals surface area contributed by atoms with E-state index in [9.17, 15) is 9.18 Å². The van der Waals surface area contributed by atoms with Crippen molar-refractivity contribution in [2.45, 2.75) is 6.92 Å². The number of carbonyl (C=O) groups is 1. The Morgan fingerprint density at radius 1 is 1.32 bits per heavy atom. The van der Waals surface area contributed by atoms with Gasteiger partial charge >= 0.3 is 0 Å². The molecule has 2 aromatic carbocycles. The molecule has 1 saturated heterocycles. The number of methoxy groups -OCH3 is 1. The van der Waals surface area contributed by atoms with E-state index in [1.54, 1.807) is 25.3 Å². The molecule has 1 aliphatic rings. The monoisotopic (exact) mass is 501 g/mol. The summed E-state index contributed by atoms with van der Waals surface area (Å²) in [6.45, 7) is 2.38. The van der Waals surface area contributed by atoms with Crippen LogP contribution in [0.4, 0.5) is 10.1 Å². The number of nitrogens with zero attached hydrogens (tertiary/aromatic N) is 1. The van der Waals surface area contributed by atoms with Gasteiger partial charge in [0.25, 0.3) is 5.91 Å². The van der Waals surface area contributed by atoms with Gasteiger partial charge in [-0.3, -0.25) is 9.69 Å². The maximum absolute atomic E-state index is 13.4. The number of rotatable bonds is 5. The molecule has 1 heterocycles. The van der Waals surface area contributed by atoms with Gasteiger partial charge < -0.3 is 9.47 Å². The molecule has 4 nitrogen and oxygen atoms in total. The van der Waals surface area contributed by atoms with Crippen LogP contribution in [0.3, 0.4) is 0 Å². The normalized spacial score (nSPS) is 15.5. The number of ether oxygens (including phenoxy) is 2. The Kier molecular flexibility index (Phi) is 6.65. The lowest BCUT2D eigenvalue weighted by Crippen LogP contribution is -2.27. The number of carbonyl (C=O) groups excluding carboxylic acids is 1. The molecule has 2 aromatic rings. The minimum Gasteiger partial charge on any atom is -0.493 e. The summed E-state index contributed by atoms with van der Waals surface area (Å²) in [4.78, 5) is 14.7. The molecule has 0 aliphatic carbocycles. The van der Waals surface area contributed by atoms with Crippen LogP contribution in [-0.4, -0.2) is 23.9 Å². The third kappa shape index (κ3) is 4.20. The van der Waals surface area contributed by atoms with Crippen LogP contribution in [-0.2, 0) is 4.79 Å². The first-order chi connectivity index (χ1) is 13.3. The van der Waals surface area contributed by atoms with Gasteiger partial charge in [0, 0.05) is 4.47 Å². The number of thioether (sulfide) groups is 1. The van der Waals surface area contributed by atoms with Crippen LogP contribution in [0.25, 0.3) is 6.08 Å². The molecule has 146 valence electrons. The Balaban J connectivity index is 1.96. The lowest BCUT2D eigenvalue weighted by atomic mass is 10.1. The molecule has 0 saturated carbocycles. The highest BCUT2D eigenvalue weighted by atomic mass is 79.9. The minimum absolute atomic E-state index is 0.0745.